The van der Waals surface area contributed by atoms with Crippen molar-refractivity contribution in [1.29, 1.82) is 0 Å². The third kappa shape index (κ3) is 5.51. The Kier molecular flexibility index (Phi) is 7.22. The molecule has 9 nitrogen and oxygen atoms in total. The van der Waals surface area contributed by atoms with E-state index in [1.165, 1.54) is 20.1 Å². The number of rotatable bonds is 8. The van der Waals surface area contributed by atoms with Gasteiger partial charge in [-0.3, -0.25) is 19.7 Å². The predicted octanol–water partition coefficient (Wildman–Crippen LogP) is 1.72. The lowest BCUT2D eigenvalue weighted by Crippen LogP contribution is -2.43. The van der Waals surface area contributed by atoms with Crippen molar-refractivity contribution in [3.8, 4) is 5.75 Å². The quantitative estimate of drug-likeness (QED) is 0.461. The standard InChI is InChI=1S/C23H23N3O6/c1-14(27)25-19(11-15-12-24-18-9-5-3-7-16(15)18)23(30)32-13-21(28)26-22(29)17-8-4-6-10-20(17)31-2/h3-10,12,19,24H,11,13H2,1-2H3,(H,25,27)(H,26,28,29)/t19-/m0/s1. The van der Waals surface area contributed by atoms with Gasteiger partial charge in [-0.15, -0.1) is 0 Å². The van der Waals surface area contributed by atoms with E-state index >= 15 is 0 Å². The number of amides is 3. The first-order valence-electron chi connectivity index (χ1n) is 9.85. The van der Waals surface area contributed by atoms with Crippen LogP contribution in [0.3, 0.4) is 0 Å². The molecule has 3 aromatic rings. The Hall–Kier alpha value is -4.14. The van der Waals surface area contributed by atoms with Crippen LogP contribution in [0, 0.1) is 0 Å². The number of hydrogen-bond acceptors (Lipinski definition) is 6. The maximum Gasteiger partial charge on any atom is 0.329 e. The second-order valence-electron chi connectivity index (χ2n) is 7.00. The number of para-hydroxylation sites is 2. The van der Waals surface area contributed by atoms with E-state index in [4.69, 9.17) is 9.47 Å². The molecule has 1 heterocycles. The molecule has 1 atom stereocenters. The van der Waals surface area contributed by atoms with Crippen molar-refractivity contribution in [3.05, 3.63) is 65.9 Å². The number of carbonyl (C=O) groups is 4. The van der Waals surface area contributed by atoms with Crippen LogP contribution < -0.4 is 15.4 Å². The molecule has 32 heavy (non-hydrogen) atoms. The lowest BCUT2D eigenvalue weighted by molar-refractivity contribution is -0.151. The van der Waals surface area contributed by atoms with Crippen LogP contribution in [-0.2, 0) is 25.5 Å². The number of nitrogens with one attached hydrogen (secondary N) is 3. The van der Waals surface area contributed by atoms with Gasteiger partial charge in [0.1, 0.15) is 11.8 Å². The van der Waals surface area contributed by atoms with Crippen molar-refractivity contribution < 1.29 is 28.7 Å². The van der Waals surface area contributed by atoms with E-state index in [0.29, 0.717) is 5.75 Å². The van der Waals surface area contributed by atoms with Gasteiger partial charge in [-0.1, -0.05) is 30.3 Å². The first-order chi connectivity index (χ1) is 15.4. The van der Waals surface area contributed by atoms with Crippen LogP contribution in [0.15, 0.2) is 54.7 Å². The van der Waals surface area contributed by atoms with Crippen LogP contribution in [0.5, 0.6) is 5.75 Å². The lowest BCUT2D eigenvalue weighted by Gasteiger charge is -2.16. The minimum Gasteiger partial charge on any atom is -0.496 e. The highest BCUT2D eigenvalue weighted by Crippen LogP contribution is 2.19. The van der Waals surface area contributed by atoms with Gasteiger partial charge in [0.15, 0.2) is 6.61 Å². The summed E-state index contributed by atoms with van der Waals surface area (Å²) in [7, 11) is 1.41. The molecule has 3 rings (SSSR count). The van der Waals surface area contributed by atoms with E-state index in [1.54, 1.807) is 24.4 Å². The van der Waals surface area contributed by atoms with E-state index in [2.05, 4.69) is 15.6 Å². The SMILES string of the molecule is COc1ccccc1C(=O)NC(=O)COC(=O)[C@H](Cc1c[nH]c2ccccc12)NC(C)=O. The second-order valence-corrected chi connectivity index (χ2v) is 7.00. The Morgan fingerprint density at radius 1 is 1.03 bits per heavy atom. The molecule has 0 fully saturated rings. The van der Waals surface area contributed by atoms with Crippen molar-refractivity contribution in [2.75, 3.05) is 13.7 Å². The number of aromatic nitrogens is 1. The number of H-pyrrole nitrogens is 1. The number of methoxy groups -OCH3 is 1. The molecule has 0 aliphatic heterocycles. The van der Waals surface area contributed by atoms with Gasteiger partial charge in [0.05, 0.1) is 12.7 Å². The molecular formula is C23H23N3O6. The van der Waals surface area contributed by atoms with E-state index in [1.807, 2.05) is 24.3 Å². The fourth-order valence-electron chi connectivity index (χ4n) is 3.26. The Balaban J connectivity index is 1.61. The molecular weight excluding hydrogens is 414 g/mol. The molecule has 0 unspecified atom stereocenters. The molecule has 0 aliphatic carbocycles. The summed E-state index contributed by atoms with van der Waals surface area (Å²) in [5.74, 6) is -2.38. The largest absolute Gasteiger partial charge is 0.496 e. The normalized spacial score (nSPS) is 11.4. The van der Waals surface area contributed by atoms with Crippen molar-refractivity contribution in [3.63, 3.8) is 0 Å². The average molecular weight is 437 g/mol. The summed E-state index contributed by atoms with van der Waals surface area (Å²) < 4.78 is 10.2. The molecule has 1 aromatic heterocycles. The van der Waals surface area contributed by atoms with Gasteiger partial charge in [-0.2, -0.15) is 0 Å². The summed E-state index contributed by atoms with van der Waals surface area (Å²) in [5.41, 5.74) is 1.88. The maximum absolute atomic E-state index is 12.6. The topological polar surface area (TPSA) is 127 Å². The van der Waals surface area contributed by atoms with Crippen LogP contribution in [0.2, 0.25) is 0 Å². The van der Waals surface area contributed by atoms with Crippen molar-refractivity contribution in [2.45, 2.75) is 19.4 Å². The van der Waals surface area contributed by atoms with Crippen LogP contribution in [0.25, 0.3) is 10.9 Å². The molecule has 0 bridgehead atoms. The van der Waals surface area contributed by atoms with Gasteiger partial charge in [0, 0.05) is 30.4 Å². The van der Waals surface area contributed by atoms with Crippen LogP contribution in [0.1, 0.15) is 22.8 Å². The zero-order valence-corrected chi connectivity index (χ0v) is 17.6. The summed E-state index contributed by atoms with van der Waals surface area (Å²) in [6.07, 6.45) is 1.93. The van der Waals surface area contributed by atoms with Gasteiger partial charge in [0.2, 0.25) is 5.91 Å². The molecule has 0 radical (unpaired) electrons. The summed E-state index contributed by atoms with van der Waals surface area (Å²) in [6.45, 7) is 0.609. The number of benzene rings is 2. The van der Waals surface area contributed by atoms with E-state index in [-0.39, 0.29) is 12.0 Å². The van der Waals surface area contributed by atoms with Gasteiger partial charge >= 0.3 is 5.97 Å². The molecule has 0 saturated heterocycles. The van der Waals surface area contributed by atoms with Gasteiger partial charge in [-0.05, 0) is 23.8 Å². The van der Waals surface area contributed by atoms with Crippen LogP contribution in [0.4, 0.5) is 0 Å². The summed E-state index contributed by atoms with van der Waals surface area (Å²) >= 11 is 0. The molecule has 166 valence electrons. The number of fused-ring (bicyclic) bond motifs is 1. The summed E-state index contributed by atoms with van der Waals surface area (Å²) in [6, 6.07) is 13.0. The fraction of sp³-hybridized carbons (Fsp3) is 0.217. The monoisotopic (exact) mass is 437 g/mol. The van der Waals surface area contributed by atoms with E-state index in [0.717, 1.165) is 16.5 Å². The van der Waals surface area contributed by atoms with Crippen molar-refractivity contribution >= 4 is 34.6 Å². The highest BCUT2D eigenvalue weighted by atomic mass is 16.5. The Labute approximate surface area is 184 Å². The number of ether oxygens (including phenoxy) is 2. The first-order valence-corrected chi connectivity index (χ1v) is 9.85. The zero-order chi connectivity index (χ0) is 23.1. The Morgan fingerprint density at radius 2 is 1.75 bits per heavy atom. The fourth-order valence-corrected chi connectivity index (χ4v) is 3.26. The smallest absolute Gasteiger partial charge is 0.329 e. The molecule has 0 saturated carbocycles. The number of esters is 1. The maximum atomic E-state index is 12.6. The molecule has 9 heteroatoms. The third-order valence-corrected chi connectivity index (χ3v) is 4.71. The second kappa shape index (κ2) is 10.3. The minimum absolute atomic E-state index is 0.171. The third-order valence-electron chi connectivity index (χ3n) is 4.71. The number of carbonyl (C=O) groups excluding carboxylic acids is 4. The first kappa shape index (κ1) is 22.5. The summed E-state index contributed by atoms with van der Waals surface area (Å²) in [5, 5.41) is 5.61. The van der Waals surface area contributed by atoms with Crippen molar-refractivity contribution in [2.24, 2.45) is 0 Å². The Morgan fingerprint density at radius 3 is 2.50 bits per heavy atom. The zero-order valence-electron chi connectivity index (χ0n) is 17.6. The highest BCUT2D eigenvalue weighted by Gasteiger charge is 2.24. The Bertz CT molecular complexity index is 1150. The van der Waals surface area contributed by atoms with E-state index in [9.17, 15) is 19.2 Å². The summed E-state index contributed by atoms with van der Waals surface area (Å²) in [4.78, 5) is 51.7. The minimum atomic E-state index is -0.996. The van der Waals surface area contributed by atoms with Gasteiger partial charge in [-0.25, -0.2) is 4.79 Å². The molecule has 3 amide bonds. The van der Waals surface area contributed by atoms with E-state index < -0.39 is 36.3 Å². The molecule has 0 aliphatic rings. The highest BCUT2D eigenvalue weighted by molar-refractivity contribution is 6.06. The molecule has 2 aromatic carbocycles. The van der Waals surface area contributed by atoms with Crippen molar-refractivity contribution in [1.82, 2.24) is 15.6 Å². The van der Waals surface area contributed by atoms with Crippen LogP contribution >= 0.6 is 0 Å². The predicted molar refractivity (Wildman–Crippen MR) is 116 cm³/mol. The lowest BCUT2D eigenvalue weighted by atomic mass is 10.0. The van der Waals surface area contributed by atoms with Gasteiger partial charge in [0.25, 0.3) is 11.8 Å². The van der Waals surface area contributed by atoms with Gasteiger partial charge < -0.3 is 19.8 Å². The molecule has 0 spiro atoms. The number of hydrogen-bond donors (Lipinski definition) is 3. The number of imide groups is 1. The molecule has 3 N–H and O–H groups in total. The number of aromatic amines is 1. The van der Waals surface area contributed by atoms with Crippen LogP contribution in [-0.4, -0.2) is 48.4 Å². The average Bonchev–Trinajstić information content (AvgIpc) is 3.19.